The lowest BCUT2D eigenvalue weighted by molar-refractivity contribution is 1.40. The van der Waals surface area contributed by atoms with Crippen molar-refractivity contribution in [1.82, 2.24) is 4.98 Å². The van der Waals surface area contributed by atoms with Crippen LogP contribution < -0.4 is 11.1 Å². The Kier molecular flexibility index (Phi) is 2.75. The van der Waals surface area contributed by atoms with Gasteiger partial charge in [0.2, 0.25) is 0 Å². The molecule has 0 saturated heterocycles. The number of pyridine rings is 1. The summed E-state index contributed by atoms with van der Waals surface area (Å²) in [7, 11) is 0. The van der Waals surface area contributed by atoms with Crippen LogP contribution in [0.25, 0.3) is 21.0 Å². The van der Waals surface area contributed by atoms with Crippen molar-refractivity contribution in [2.24, 2.45) is 0 Å². The van der Waals surface area contributed by atoms with Crippen LogP contribution >= 0.6 is 11.3 Å². The normalized spacial score (nSPS) is 11.0. The maximum atomic E-state index is 6.01. The predicted molar refractivity (Wildman–Crippen MR) is 91.3 cm³/mol. The highest BCUT2D eigenvalue weighted by Crippen LogP contribution is 2.30. The first-order valence-electron chi connectivity index (χ1n) is 6.69. The Morgan fingerprint density at radius 3 is 2.95 bits per heavy atom. The molecule has 21 heavy (non-hydrogen) atoms. The average Bonchev–Trinajstić information content (AvgIpc) is 2.98. The zero-order valence-electron chi connectivity index (χ0n) is 11.2. The molecule has 102 valence electrons. The number of thiophene rings is 1. The highest BCUT2D eigenvalue weighted by Gasteiger charge is 2.06. The Bertz CT molecular complexity index is 943. The largest absolute Gasteiger partial charge is 0.398 e. The molecular weight excluding hydrogens is 278 g/mol. The molecular formula is C17H13N3S. The molecule has 2 aromatic heterocycles. The highest BCUT2D eigenvalue weighted by atomic mass is 32.1. The predicted octanol–water partition coefficient (Wildman–Crippen LogP) is 4.78. The standard InChI is InChI=1S/C17H13N3S/c18-14-4-5-15(17-13(14)2-1-8-19-17)20-12-3-6-16-11(10-12)7-9-21-16/h1-10,20H,18H2. The third-order valence-electron chi connectivity index (χ3n) is 3.53. The number of benzene rings is 2. The molecule has 4 aromatic rings. The van der Waals surface area contributed by atoms with Gasteiger partial charge in [0.1, 0.15) is 0 Å². The van der Waals surface area contributed by atoms with Gasteiger partial charge in [-0.3, -0.25) is 4.98 Å². The first kappa shape index (κ1) is 12.2. The van der Waals surface area contributed by atoms with Gasteiger partial charge in [-0.25, -0.2) is 0 Å². The highest BCUT2D eigenvalue weighted by molar-refractivity contribution is 7.17. The maximum absolute atomic E-state index is 6.01. The molecule has 2 aromatic carbocycles. The number of aromatic nitrogens is 1. The van der Waals surface area contributed by atoms with Crippen LogP contribution in [0.5, 0.6) is 0 Å². The molecule has 0 aliphatic carbocycles. The lowest BCUT2D eigenvalue weighted by Crippen LogP contribution is -1.95. The average molecular weight is 291 g/mol. The van der Waals surface area contributed by atoms with E-state index in [1.54, 1.807) is 17.5 Å². The molecule has 4 rings (SSSR count). The van der Waals surface area contributed by atoms with Gasteiger partial charge in [-0.15, -0.1) is 11.3 Å². The smallest absolute Gasteiger partial charge is 0.0957 e. The van der Waals surface area contributed by atoms with Crippen LogP contribution in [0.3, 0.4) is 0 Å². The van der Waals surface area contributed by atoms with Crippen LogP contribution in [0, 0.1) is 0 Å². The molecule has 0 bridgehead atoms. The van der Waals surface area contributed by atoms with Gasteiger partial charge < -0.3 is 11.1 Å². The van der Waals surface area contributed by atoms with Crippen molar-refractivity contribution in [2.45, 2.75) is 0 Å². The number of nitrogens with zero attached hydrogens (tertiary/aromatic N) is 1. The van der Waals surface area contributed by atoms with Crippen LogP contribution in [0.1, 0.15) is 0 Å². The van der Waals surface area contributed by atoms with Gasteiger partial charge in [0.25, 0.3) is 0 Å². The van der Waals surface area contributed by atoms with Gasteiger partial charge in [0.15, 0.2) is 0 Å². The van der Waals surface area contributed by atoms with E-state index in [1.165, 1.54) is 10.1 Å². The SMILES string of the molecule is Nc1ccc(Nc2ccc3sccc3c2)c2ncccc12. The Balaban J connectivity index is 1.81. The molecule has 2 heterocycles. The summed E-state index contributed by atoms with van der Waals surface area (Å²) in [5, 5.41) is 7.77. The zero-order valence-corrected chi connectivity index (χ0v) is 12.0. The van der Waals surface area contributed by atoms with Gasteiger partial charge in [-0.1, -0.05) is 0 Å². The first-order valence-corrected chi connectivity index (χ1v) is 7.57. The van der Waals surface area contributed by atoms with E-state index in [0.29, 0.717) is 0 Å². The molecule has 0 radical (unpaired) electrons. The molecule has 0 amide bonds. The van der Waals surface area contributed by atoms with E-state index in [4.69, 9.17) is 5.73 Å². The molecule has 0 aliphatic rings. The molecule has 3 nitrogen and oxygen atoms in total. The van der Waals surface area contributed by atoms with Gasteiger partial charge in [-0.2, -0.15) is 0 Å². The van der Waals surface area contributed by atoms with Crippen LogP contribution in [-0.4, -0.2) is 4.98 Å². The van der Waals surface area contributed by atoms with E-state index in [1.807, 2.05) is 24.3 Å². The number of fused-ring (bicyclic) bond motifs is 2. The Hall–Kier alpha value is -2.59. The van der Waals surface area contributed by atoms with Crippen LogP contribution in [0.4, 0.5) is 17.1 Å². The second-order valence-corrected chi connectivity index (χ2v) is 5.85. The van der Waals surface area contributed by atoms with Crippen molar-refractivity contribution >= 4 is 49.4 Å². The number of hydrogen-bond acceptors (Lipinski definition) is 4. The van der Waals surface area contributed by atoms with E-state index >= 15 is 0 Å². The maximum Gasteiger partial charge on any atom is 0.0957 e. The summed E-state index contributed by atoms with van der Waals surface area (Å²) in [5.41, 5.74) is 9.67. The van der Waals surface area contributed by atoms with Crippen LogP contribution in [0.2, 0.25) is 0 Å². The fourth-order valence-corrected chi connectivity index (χ4v) is 3.27. The minimum Gasteiger partial charge on any atom is -0.398 e. The number of hydrogen-bond donors (Lipinski definition) is 2. The number of rotatable bonds is 2. The third kappa shape index (κ3) is 2.10. The molecule has 0 aliphatic heterocycles. The number of nitrogens with two attached hydrogens (primary N) is 1. The minimum atomic E-state index is 0.747. The summed E-state index contributed by atoms with van der Waals surface area (Å²) in [6.45, 7) is 0. The Labute approximate surface area is 126 Å². The van der Waals surface area contributed by atoms with Crippen molar-refractivity contribution < 1.29 is 0 Å². The van der Waals surface area contributed by atoms with Crippen molar-refractivity contribution in [3.05, 3.63) is 60.1 Å². The minimum absolute atomic E-state index is 0.747. The second kappa shape index (κ2) is 4.75. The second-order valence-electron chi connectivity index (χ2n) is 4.90. The van der Waals surface area contributed by atoms with E-state index in [-0.39, 0.29) is 0 Å². The van der Waals surface area contributed by atoms with Gasteiger partial charge in [0, 0.05) is 27.7 Å². The van der Waals surface area contributed by atoms with Gasteiger partial charge in [0.05, 0.1) is 11.2 Å². The van der Waals surface area contributed by atoms with E-state index in [9.17, 15) is 0 Å². The van der Waals surface area contributed by atoms with E-state index in [0.717, 1.165) is 28.0 Å². The number of nitrogens with one attached hydrogen (secondary N) is 1. The molecule has 0 atom stereocenters. The summed E-state index contributed by atoms with van der Waals surface area (Å²) in [6.07, 6.45) is 1.79. The van der Waals surface area contributed by atoms with Crippen molar-refractivity contribution in [1.29, 1.82) is 0 Å². The molecule has 0 saturated carbocycles. The van der Waals surface area contributed by atoms with E-state index in [2.05, 4.69) is 39.9 Å². The number of nitrogen functional groups attached to an aromatic ring is 1. The van der Waals surface area contributed by atoms with Crippen LogP contribution in [0.15, 0.2) is 60.1 Å². The lowest BCUT2D eigenvalue weighted by atomic mass is 10.1. The number of anilines is 3. The third-order valence-corrected chi connectivity index (χ3v) is 4.43. The fourth-order valence-electron chi connectivity index (χ4n) is 2.50. The Morgan fingerprint density at radius 1 is 1.05 bits per heavy atom. The van der Waals surface area contributed by atoms with Crippen molar-refractivity contribution in [3.8, 4) is 0 Å². The fraction of sp³-hybridized carbons (Fsp3) is 0. The summed E-state index contributed by atoms with van der Waals surface area (Å²) in [4.78, 5) is 4.45. The zero-order chi connectivity index (χ0) is 14.2. The molecule has 0 spiro atoms. The van der Waals surface area contributed by atoms with Crippen molar-refractivity contribution in [2.75, 3.05) is 11.1 Å². The summed E-state index contributed by atoms with van der Waals surface area (Å²) < 4.78 is 1.29. The van der Waals surface area contributed by atoms with Crippen molar-refractivity contribution in [3.63, 3.8) is 0 Å². The quantitative estimate of drug-likeness (QED) is 0.523. The summed E-state index contributed by atoms with van der Waals surface area (Å²) in [6, 6.07) is 16.3. The summed E-state index contributed by atoms with van der Waals surface area (Å²) >= 11 is 1.75. The molecule has 4 heteroatoms. The monoisotopic (exact) mass is 291 g/mol. The van der Waals surface area contributed by atoms with Gasteiger partial charge >= 0.3 is 0 Å². The first-order chi connectivity index (χ1) is 10.3. The topological polar surface area (TPSA) is 50.9 Å². The lowest BCUT2D eigenvalue weighted by Gasteiger charge is -2.10. The van der Waals surface area contributed by atoms with Gasteiger partial charge in [-0.05, 0) is 59.3 Å². The molecule has 0 fully saturated rings. The summed E-state index contributed by atoms with van der Waals surface area (Å²) in [5.74, 6) is 0. The molecule has 3 N–H and O–H groups in total. The molecule has 0 unspecified atom stereocenters. The van der Waals surface area contributed by atoms with Crippen LogP contribution in [-0.2, 0) is 0 Å². The van der Waals surface area contributed by atoms with E-state index < -0.39 is 0 Å². The Morgan fingerprint density at radius 2 is 2.00 bits per heavy atom.